The topological polar surface area (TPSA) is 70.0 Å². The first kappa shape index (κ1) is 12.2. The minimum absolute atomic E-state index is 0.119. The lowest BCUT2D eigenvalue weighted by Gasteiger charge is -2.13. The fourth-order valence-corrected chi connectivity index (χ4v) is 3.68. The first-order valence-electron chi connectivity index (χ1n) is 5.17. The van der Waals surface area contributed by atoms with Crippen molar-refractivity contribution in [1.82, 2.24) is 0 Å². The standard InChI is InChI=1S/C11H11ClN2O2S/c12-10-2-1-8(6-13)5-11(10)14-9-3-4-17(15,16)7-9/h1-2,5,9,14H,3-4,7H2. The summed E-state index contributed by atoms with van der Waals surface area (Å²) in [5, 5.41) is 12.4. The van der Waals surface area contributed by atoms with Crippen LogP contribution in [0.4, 0.5) is 5.69 Å². The molecular formula is C11H11ClN2O2S. The molecule has 17 heavy (non-hydrogen) atoms. The second kappa shape index (κ2) is 4.55. The van der Waals surface area contributed by atoms with Crippen molar-refractivity contribution >= 4 is 27.1 Å². The molecule has 0 amide bonds. The predicted molar refractivity (Wildman–Crippen MR) is 66.8 cm³/mol. The lowest BCUT2D eigenvalue weighted by atomic mass is 10.2. The van der Waals surface area contributed by atoms with Gasteiger partial charge < -0.3 is 5.32 Å². The molecule has 1 aliphatic heterocycles. The van der Waals surface area contributed by atoms with E-state index in [1.165, 1.54) is 0 Å². The number of rotatable bonds is 2. The molecule has 0 spiro atoms. The van der Waals surface area contributed by atoms with Gasteiger partial charge in [-0.1, -0.05) is 11.6 Å². The Kier molecular flexibility index (Phi) is 3.27. The Morgan fingerprint density at radius 3 is 2.82 bits per heavy atom. The highest BCUT2D eigenvalue weighted by Crippen LogP contribution is 2.25. The summed E-state index contributed by atoms with van der Waals surface area (Å²) in [7, 11) is -2.91. The minimum Gasteiger partial charge on any atom is -0.380 e. The summed E-state index contributed by atoms with van der Waals surface area (Å²) in [6.07, 6.45) is 0.579. The van der Waals surface area contributed by atoms with E-state index in [9.17, 15) is 8.42 Å². The van der Waals surface area contributed by atoms with Crippen LogP contribution in [0.1, 0.15) is 12.0 Å². The van der Waals surface area contributed by atoms with Crippen LogP contribution in [0, 0.1) is 11.3 Å². The molecule has 1 atom stereocenters. The fourth-order valence-electron chi connectivity index (χ4n) is 1.83. The highest BCUT2D eigenvalue weighted by molar-refractivity contribution is 7.91. The summed E-state index contributed by atoms with van der Waals surface area (Å²) < 4.78 is 22.6. The van der Waals surface area contributed by atoms with Crippen molar-refractivity contribution < 1.29 is 8.42 Å². The first-order chi connectivity index (χ1) is 8.00. The monoisotopic (exact) mass is 270 g/mol. The Hall–Kier alpha value is -1.25. The van der Waals surface area contributed by atoms with Gasteiger partial charge in [-0.15, -0.1) is 0 Å². The van der Waals surface area contributed by atoms with Gasteiger partial charge in [0.2, 0.25) is 0 Å². The molecule has 1 N–H and O–H groups in total. The maximum atomic E-state index is 11.3. The van der Waals surface area contributed by atoms with E-state index in [1.54, 1.807) is 18.2 Å². The lowest BCUT2D eigenvalue weighted by Crippen LogP contribution is -2.20. The molecule has 0 aromatic heterocycles. The molecule has 4 nitrogen and oxygen atoms in total. The quantitative estimate of drug-likeness (QED) is 0.890. The molecule has 1 fully saturated rings. The van der Waals surface area contributed by atoms with Gasteiger partial charge in [0, 0.05) is 6.04 Å². The molecule has 0 radical (unpaired) electrons. The first-order valence-corrected chi connectivity index (χ1v) is 7.37. The molecule has 1 unspecified atom stereocenters. The Morgan fingerprint density at radius 1 is 1.47 bits per heavy atom. The molecule has 1 saturated heterocycles. The summed E-state index contributed by atoms with van der Waals surface area (Å²) in [5.41, 5.74) is 1.12. The number of hydrogen-bond acceptors (Lipinski definition) is 4. The van der Waals surface area contributed by atoms with Gasteiger partial charge in [0.05, 0.1) is 33.8 Å². The summed E-state index contributed by atoms with van der Waals surface area (Å²) in [5.74, 6) is 0.334. The Balaban J connectivity index is 2.17. The van der Waals surface area contributed by atoms with Crippen LogP contribution >= 0.6 is 11.6 Å². The van der Waals surface area contributed by atoms with Crippen LogP contribution in [-0.4, -0.2) is 26.0 Å². The van der Waals surface area contributed by atoms with Crippen LogP contribution in [0.15, 0.2) is 18.2 Å². The maximum Gasteiger partial charge on any atom is 0.152 e. The zero-order chi connectivity index (χ0) is 12.5. The van der Waals surface area contributed by atoms with E-state index in [2.05, 4.69) is 5.32 Å². The summed E-state index contributed by atoms with van der Waals surface area (Å²) in [4.78, 5) is 0. The van der Waals surface area contributed by atoms with Gasteiger partial charge in [0.15, 0.2) is 9.84 Å². The molecule has 1 heterocycles. The maximum absolute atomic E-state index is 11.3. The number of benzene rings is 1. The lowest BCUT2D eigenvalue weighted by molar-refractivity contribution is 0.602. The molecule has 0 saturated carbocycles. The van der Waals surface area contributed by atoms with Crippen molar-refractivity contribution in [1.29, 1.82) is 5.26 Å². The third kappa shape index (κ3) is 2.90. The van der Waals surface area contributed by atoms with Crippen molar-refractivity contribution in [3.8, 4) is 6.07 Å². The van der Waals surface area contributed by atoms with Gasteiger partial charge in [-0.25, -0.2) is 8.42 Å². The van der Waals surface area contributed by atoms with Gasteiger partial charge in [0.1, 0.15) is 0 Å². The molecule has 6 heteroatoms. The Labute approximate surface area is 105 Å². The van der Waals surface area contributed by atoms with E-state index in [-0.39, 0.29) is 17.5 Å². The Morgan fingerprint density at radius 2 is 2.24 bits per heavy atom. The Bertz CT molecular complexity index is 578. The molecule has 1 aliphatic rings. The molecule has 0 bridgehead atoms. The molecule has 0 aliphatic carbocycles. The third-order valence-corrected chi connectivity index (χ3v) is 4.79. The largest absolute Gasteiger partial charge is 0.380 e. The normalized spacial score (nSPS) is 22.0. The zero-order valence-corrected chi connectivity index (χ0v) is 10.6. The smallest absolute Gasteiger partial charge is 0.152 e. The summed E-state index contributed by atoms with van der Waals surface area (Å²) in [6, 6.07) is 6.79. The van der Waals surface area contributed by atoms with Crippen LogP contribution < -0.4 is 5.32 Å². The molecule has 90 valence electrons. The van der Waals surface area contributed by atoms with Gasteiger partial charge in [-0.05, 0) is 24.6 Å². The number of nitriles is 1. The minimum atomic E-state index is -2.91. The van der Waals surface area contributed by atoms with Crippen LogP contribution in [0.2, 0.25) is 5.02 Å². The molecular weight excluding hydrogens is 260 g/mol. The van der Waals surface area contributed by atoms with E-state index < -0.39 is 9.84 Å². The molecule has 1 aromatic carbocycles. The van der Waals surface area contributed by atoms with Crippen LogP contribution in [0.25, 0.3) is 0 Å². The van der Waals surface area contributed by atoms with Crippen molar-refractivity contribution in [3.05, 3.63) is 28.8 Å². The number of anilines is 1. The average molecular weight is 271 g/mol. The van der Waals surface area contributed by atoms with Gasteiger partial charge in [-0.2, -0.15) is 5.26 Å². The van der Waals surface area contributed by atoms with Gasteiger partial charge >= 0.3 is 0 Å². The SMILES string of the molecule is N#Cc1ccc(Cl)c(NC2CCS(=O)(=O)C2)c1. The molecule has 2 rings (SSSR count). The van der Waals surface area contributed by atoms with Crippen LogP contribution in [0.5, 0.6) is 0 Å². The van der Waals surface area contributed by atoms with Crippen LogP contribution in [0.3, 0.4) is 0 Å². The summed E-state index contributed by atoms with van der Waals surface area (Å²) >= 11 is 5.98. The van der Waals surface area contributed by atoms with E-state index in [4.69, 9.17) is 16.9 Å². The number of hydrogen-bond donors (Lipinski definition) is 1. The highest BCUT2D eigenvalue weighted by atomic mass is 35.5. The fraction of sp³-hybridized carbons (Fsp3) is 0.364. The number of halogens is 1. The second-order valence-corrected chi connectivity index (χ2v) is 6.69. The van der Waals surface area contributed by atoms with E-state index in [0.717, 1.165) is 0 Å². The third-order valence-electron chi connectivity index (χ3n) is 2.69. The predicted octanol–water partition coefficient (Wildman–Crippen LogP) is 1.81. The van der Waals surface area contributed by atoms with Crippen LogP contribution in [-0.2, 0) is 9.84 Å². The number of nitrogens with zero attached hydrogens (tertiary/aromatic N) is 1. The molecule has 1 aromatic rings. The van der Waals surface area contributed by atoms with Crippen molar-refractivity contribution in [2.45, 2.75) is 12.5 Å². The summed E-state index contributed by atoms with van der Waals surface area (Å²) in [6.45, 7) is 0. The number of nitrogens with one attached hydrogen (secondary N) is 1. The van der Waals surface area contributed by atoms with Gasteiger partial charge in [0.25, 0.3) is 0 Å². The van der Waals surface area contributed by atoms with E-state index in [1.807, 2.05) is 6.07 Å². The van der Waals surface area contributed by atoms with E-state index in [0.29, 0.717) is 22.7 Å². The second-order valence-electron chi connectivity index (χ2n) is 4.05. The number of sulfone groups is 1. The van der Waals surface area contributed by atoms with Crippen molar-refractivity contribution in [3.63, 3.8) is 0 Å². The van der Waals surface area contributed by atoms with Crippen molar-refractivity contribution in [2.24, 2.45) is 0 Å². The average Bonchev–Trinajstić information content (AvgIpc) is 2.61. The van der Waals surface area contributed by atoms with Crippen molar-refractivity contribution in [2.75, 3.05) is 16.8 Å². The van der Waals surface area contributed by atoms with Gasteiger partial charge in [-0.3, -0.25) is 0 Å². The highest BCUT2D eigenvalue weighted by Gasteiger charge is 2.28. The zero-order valence-electron chi connectivity index (χ0n) is 8.98. The van der Waals surface area contributed by atoms with E-state index >= 15 is 0 Å².